The molecule has 1 unspecified atom stereocenters. The van der Waals surface area contributed by atoms with Crippen molar-refractivity contribution in [3.8, 4) is 0 Å². The van der Waals surface area contributed by atoms with E-state index < -0.39 is 0 Å². The summed E-state index contributed by atoms with van der Waals surface area (Å²) in [5.41, 5.74) is 1.83. The van der Waals surface area contributed by atoms with Gasteiger partial charge in [0.25, 0.3) is 0 Å². The Labute approximate surface area is 155 Å². The van der Waals surface area contributed by atoms with E-state index in [-0.39, 0.29) is 36.1 Å². The first kappa shape index (κ1) is 19.7. The molecule has 1 aromatic rings. The molecule has 25 heavy (non-hydrogen) atoms. The average molecular weight is 366 g/mol. The van der Waals surface area contributed by atoms with Crippen LogP contribution in [0.3, 0.4) is 0 Å². The van der Waals surface area contributed by atoms with Crippen LogP contribution in [0.15, 0.2) is 24.3 Å². The molecule has 6 heteroatoms. The number of anilines is 1. The van der Waals surface area contributed by atoms with E-state index in [4.69, 9.17) is 0 Å². The van der Waals surface area contributed by atoms with E-state index in [0.717, 1.165) is 56.4 Å². The van der Waals surface area contributed by atoms with Crippen molar-refractivity contribution in [2.24, 2.45) is 11.8 Å². The summed E-state index contributed by atoms with van der Waals surface area (Å²) < 4.78 is 0. The molecule has 0 radical (unpaired) electrons. The molecule has 0 spiro atoms. The molecule has 1 heterocycles. The lowest BCUT2D eigenvalue weighted by Gasteiger charge is -2.21. The zero-order chi connectivity index (χ0) is 16.8. The molecule has 1 saturated carbocycles. The lowest BCUT2D eigenvalue weighted by molar-refractivity contribution is -0.124. The van der Waals surface area contributed by atoms with Gasteiger partial charge in [0.05, 0.1) is 5.92 Å². The second kappa shape index (κ2) is 9.78. The smallest absolute Gasteiger partial charge is 0.227 e. The van der Waals surface area contributed by atoms with E-state index in [1.54, 1.807) is 0 Å². The molecular formula is C19H28ClN3O2. The third-order valence-electron chi connectivity index (χ3n) is 5.07. The first-order valence-corrected chi connectivity index (χ1v) is 9.10. The van der Waals surface area contributed by atoms with Crippen molar-refractivity contribution in [1.29, 1.82) is 0 Å². The fraction of sp³-hybridized carbons (Fsp3) is 0.579. The Morgan fingerprint density at radius 1 is 1.04 bits per heavy atom. The maximum atomic E-state index is 12.3. The van der Waals surface area contributed by atoms with Crippen molar-refractivity contribution in [2.45, 2.75) is 45.1 Å². The first-order chi connectivity index (χ1) is 11.7. The standard InChI is InChI=1S/C19H27N3O2.ClH/c23-18(16-9-10-20-13-16)21-12-14-5-4-8-17(11-14)22-19(24)15-6-2-1-3-7-15;/h4-5,8,11,15-16,20H,1-3,6-7,9-10,12-13H2,(H,21,23)(H,22,24);1H. The minimum Gasteiger partial charge on any atom is -0.352 e. The van der Waals surface area contributed by atoms with Crippen LogP contribution in [-0.4, -0.2) is 24.9 Å². The van der Waals surface area contributed by atoms with E-state index in [2.05, 4.69) is 16.0 Å². The van der Waals surface area contributed by atoms with Crippen molar-refractivity contribution >= 4 is 29.9 Å². The van der Waals surface area contributed by atoms with Gasteiger partial charge in [-0.05, 0) is 43.5 Å². The second-order valence-electron chi connectivity index (χ2n) is 6.93. The second-order valence-corrected chi connectivity index (χ2v) is 6.93. The molecule has 0 aromatic heterocycles. The highest BCUT2D eigenvalue weighted by Crippen LogP contribution is 2.25. The maximum Gasteiger partial charge on any atom is 0.227 e. The fourth-order valence-electron chi connectivity index (χ4n) is 3.58. The van der Waals surface area contributed by atoms with Gasteiger partial charge in [-0.25, -0.2) is 0 Å². The van der Waals surface area contributed by atoms with Crippen molar-refractivity contribution in [1.82, 2.24) is 10.6 Å². The van der Waals surface area contributed by atoms with Crippen LogP contribution in [0.4, 0.5) is 5.69 Å². The average Bonchev–Trinajstić information content (AvgIpc) is 3.15. The van der Waals surface area contributed by atoms with Gasteiger partial charge in [0.15, 0.2) is 0 Å². The van der Waals surface area contributed by atoms with Crippen molar-refractivity contribution in [2.75, 3.05) is 18.4 Å². The van der Waals surface area contributed by atoms with Gasteiger partial charge in [0, 0.05) is 24.7 Å². The van der Waals surface area contributed by atoms with Gasteiger partial charge in [0.2, 0.25) is 11.8 Å². The van der Waals surface area contributed by atoms with Gasteiger partial charge in [-0.2, -0.15) is 0 Å². The molecule has 138 valence electrons. The molecule has 1 atom stereocenters. The SMILES string of the molecule is Cl.O=C(NCc1cccc(NC(=O)C2CCCCC2)c1)C1CCNC1. The third kappa shape index (κ3) is 5.72. The molecule has 2 aliphatic rings. The summed E-state index contributed by atoms with van der Waals surface area (Å²) in [7, 11) is 0. The lowest BCUT2D eigenvalue weighted by Crippen LogP contribution is -2.31. The summed E-state index contributed by atoms with van der Waals surface area (Å²) in [5.74, 6) is 0.473. The van der Waals surface area contributed by atoms with E-state index in [9.17, 15) is 9.59 Å². The Kier molecular flexibility index (Phi) is 7.72. The molecule has 5 nitrogen and oxygen atoms in total. The third-order valence-corrected chi connectivity index (χ3v) is 5.07. The summed E-state index contributed by atoms with van der Waals surface area (Å²) in [6, 6.07) is 7.76. The summed E-state index contributed by atoms with van der Waals surface area (Å²) in [6.07, 6.45) is 6.45. The zero-order valence-electron chi connectivity index (χ0n) is 14.6. The molecule has 3 rings (SSSR count). The van der Waals surface area contributed by atoms with Crippen molar-refractivity contribution in [3.63, 3.8) is 0 Å². The predicted octanol–water partition coefficient (Wildman–Crippen LogP) is 2.85. The number of carbonyl (C=O) groups excluding carboxylic acids is 2. The number of amides is 2. The van der Waals surface area contributed by atoms with Crippen LogP contribution in [0.1, 0.15) is 44.1 Å². The van der Waals surface area contributed by atoms with Crippen LogP contribution in [0.5, 0.6) is 0 Å². The molecule has 2 fully saturated rings. The van der Waals surface area contributed by atoms with Crippen LogP contribution in [0.25, 0.3) is 0 Å². The summed E-state index contributed by atoms with van der Waals surface area (Å²) >= 11 is 0. The van der Waals surface area contributed by atoms with Gasteiger partial charge in [-0.3, -0.25) is 9.59 Å². The number of hydrogen-bond acceptors (Lipinski definition) is 3. The quantitative estimate of drug-likeness (QED) is 0.751. The molecule has 3 N–H and O–H groups in total. The van der Waals surface area contributed by atoms with Crippen LogP contribution in [0.2, 0.25) is 0 Å². The molecular weight excluding hydrogens is 338 g/mol. The van der Waals surface area contributed by atoms with Gasteiger partial charge >= 0.3 is 0 Å². The molecule has 1 aliphatic carbocycles. The first-order valence-electron chi connectivity index (χ1n) is 9.10. The number of benzene rings is 1. The number of rotatable bonds is 5. The fourth-order valence-corrected chi connectivity index (χ4v) is 3.58. The van der Waals surface area contributed by atoms with Gasteiger partial charge in [-0.15, -0.1) is 12.4 Å². The maximum absolute atomic E-state index is 12.3. The summed E-state index contributed by atoms with van der Waals surface area (Å²) in [5, 5.41) is 9.23. The topological polar surface area (TPSA) is 70.2 Å². The minimum atomic E-state index is 0. The van der Waals surface area contributed by atoms with Gasteiger partial charge in [-0.1, -0.05) is 31.4 Å². The highest BCUT2D eigenvalue weighted by molar-refractivity contribution is 5.92. The Morgan fingerprint density at radius 3 is 2.56 bits per heavy atom. The molecule has 1 aromatic carbocycles. The zero-order valence-corrected chi connectivity index (χ0v) is 15.4. The molecule has 1 aliphatic heterocycles. The number of nitrogens with one attached hydrogen (secondary N) is 3. The monoisotopic (exact) mass is 365 g/mol. The van der Waals surface area contributed by atoms with E-state index in [0.29, 0.717) is 6.54 Å². The summed E-state index contributed by atoms with van der Waals surface area (Å²) in [6.45, 7) is 2.19. The number of hydrogen-bond donors (Lipinski definition) is 3. The van der Waals surface area contributed by atoms with E-state index in [1.807, 2.05) is 24.3 Å². The summed E-state index contributed by atoms with van der Waals surface area (Å²) in [4.78, 5) is 24.4. The lowest BCUT2D eigenvalue weighted by atomic mass is 9.88. The highest BCUT2D eigenvalue weighted by Gasteiger charge is 2.22. The van der Waals surface area contributed by atoms with Gasteiger partial charge < -0.3 is 16.0 Å². The van der Waals surface area contributed by atoms with Crippen LogP contribution in [0, 0.1) is 11.8 Å². The van der Waals surface area contributed by atoms with Crippen LogP contribution >= 0.6 is 12.4 Å². The highest BCUT2D eigenvalue weighted by atomic mass is 35.5. The molecule has 1 saturated heterocycles. The number of carbonyl (C=O) groups is 2. The predicted molar refractivity (Wildman–Crippen MR) is 102 cm³/mol. The van der Waals surface area contributed by atoms with Crippen LogP contribution in [-0.2, 0) is 16.1 Å². The Bertz CT molecular complexity index is 582. The van der Waals surface area contributed by atoms with Crippen molar-refractivity contribution in [3.05, 3.63) is 29.8 Å². The van der Waals surface area contributed by atoms with Gasteiger partial charge in [0.1, 0.15) is 0 Å². The molecule has 2 amide bonds. The minimum absolute atomic E-state index is 0. The van der Waals surface area contributed by atoms with E-state index in [1.165, 1.54) is 6.42 Å². The van der Waals surface area contributed by atoms with Crippen LogP contribution < -0.4 is 16.0 Å². The Morgan fingerprint density at radius 2 is 1.84 bits per heavy atom. The van der Waals surface area contributed by atoms with Crippen molar-refractivity contribution < 1.29 is 9.59 Å². The largest absolute Gasteiger partial charge is 0.352 e. The Balaban J connectivity index is 0.00000225. The van der Waals surface area contributed by atoms with E-state index >= 15 is 0 Å². The molecule has 0 bridgehead atoms. The number of halogens is 1. The normalized spacial score (nSPS) is 20.6. The Hall–Kier alpha value is -1.59.